The first-order valence-corrected chi connectivity index (χ1v) is 19.8. The average Bonchev–Trinajstić information content (AvgIpc) is 3.74. The first kappa shape index (κ1) is 33.9. The van der Waals surface area contributed by atoms with Gasteiger partial charge in [-0.15, -0.1) is 0 Å². The highest BCUT2D eigenvalue weighted by molar-refractivity contribution is 6.10. The number of hydrogen-bond acceptors (Lipinski definition) is 3. The van der Waals surface area contributed by atoms with Crippen LogP contribution in [-0.4, -0.2) is 19.5 Å². The molecule has 274 valence electrons. The van der Waals surface area contributed by atoms with Crippen molar-refractivity contribution < 1.29 is 0 Å². The van der Waals surface area contributed by atoms with E-state index in [1.807, 2.05) is 36.8 Å². The van der Waals surface area contributed by atoms with Gasteiger partial charge in [0.25, 0.3) is 0 Å². The minimum absolute atomic E-state index is 0.0955. The van der Waals surface area contributed by atoms with E-state index in [2.05, 4.69) is 181 Å². The van der Waals surface area contributed by atoms with E-state index in [4.69, 9.17) is 9.97 Å². The topological polar surface area (TPSA) is 43.6 Å². The zero-order chi connectivity index (χ0) is 38.8. The van der Waals surface area contributed by atoms with Crippen LogP contribution in [0.1, 0.15) is 25.0 Å². The fourth-order valence-corrected chi connectivity index (χ4v) is 8.97. The van der Waals surface area contributed by atoms with Crippen LogP contribution in [-0.2, 0) is 5.41 Å². The Balaban J connectivity index is 0.964. The molecule has 11 rings (SSSR count). The van der Waals surface area contributed by atoms with Crippen LogP contribution in [0.15, 0.2) is 195 Å². The summed E-state index contributed by atoms with van der Waals surface area (Å²) in [6.07, 6.45) is 5.70. The first-order chi connectivity index (χ1) is 28.5. The molecule has 0 saturated carbocycles. The van der Waals surface area contributed by atoms with Crippen LogP contribution in [0, 0.1) is 0 Å². The standard InChI is InChI=1S/C54H38N4/c1-54(2)47-13-7-6-12-43(47)44-25-21-40(31-48(44)54)50-32-41(33-51(57-50)49-14-8-9-28-56-49)38-17-15-37(16-18-38)39-22-26-52-45(30-39)46-34-55-29-27-53(46)58(52)42-23-19-36(20-24-42)35-10-4-3-5-11-35/h3-34H,1-2H3. The predicted octanol–water partition coefficient (Wildman–Crippen LogP) is 13.6. The zero-order valence-corrected chi connectivity index (χ0v) is 32.3. The molecule has 0 spiro atoms. The summed E-state index contributed by atoms with van der Waals surface area (Å²) >= 11 is 0. The fraction of sp³-hybridized carbons (Fsp3) is 0.0556. The maximum atomic E-state index is 5.21. The Bertz CT molecular complexity index is 3160. The van der Waals surface area contributed by atoms with Gasteiger partial charge in [0.2, 0.25) is 0 Å². The number of rotatable bonds is 6. The third kappa shape index (κ3) is 5.56. The van der Waals surface area contributed by atoms with Crippen molar-refractivity contribution in [2.45, 2.75) is 19.3 Å². The van der Waals surface area contributed by atoms with Crippen LogP contribution < -0.4 is 0 Å². The summed E-state index contributed by atoms with van der Waals surface area (Å²) < 4.78 is 2.34. The van der Waals surface area contributed by atoms with Crippen molar-refractivity contribution in [2.75, 3.05) is 0 Å². The molecular formula is C54H38N4. The smallest absolute Gasteiger partial charge is 0.0899 e. The van der Waals surface area contributed by atoms with Crippen LogP contribution in [0.25, 0.3) is 94.6 Å². The highest BCUT2D eigenvalue weighted by Crippen LogP contribution is 2.49. The lowest BCUT2D eigenvalue weighted by Gasteiger charge is -2.22. The van der Waals surface area contributed by atoms with E-state index in [-0.39, 0.29) is 5.41 Å². The molecule has 0 atom stereocenters. The minimum Gasteiger partial charge on any atom is -0.309 e. The Kier molecular flexibility index (Phi) is 7.80. The van der Waals surface area contributed by atoms with Crippen molar-refractivity contribution in [3.63, 3.8) is 0 Å². The lowest BCUT2D eigenvalue weighted by molar-refractivity contribution is 0.660. The van der Waals surface area contributed by atoms with Gasteiger partial charge in [0.1, 0.15) is 0 Å². The zero-order valence-electron chi connectivity index (χ0n) is 32.3. The molecule has 0 saturated heterocycles. The summed E-state index contributed by atoms with van der Waals surface area (Å²) in [5.41, 5.74) is 19.3. The third-order valence-corrected chi connectivity index (χ3v) is 12.0. The van der Waals surface area contributed by atoms with Crippen molar-refractivity contribution in [1.82, 2.24) is 19.5 Å². The molecule has 0 aliphatic heterocycles. The summed E-state index contributed by atoms with van der Waals surface area (Å²) in [6.45, 7) is 4.65. The normalized spacial score (nSPS) is 12.8. The van der Waals surface area contributed by atoms with E-state index in [0.29, 0.717) is 0 Å². The third-order valence-electron chi connectivity index (χ3n) is 12.0. The largest absolute Gasteiger partial charge is 0.309 e. The Morgan fingerprint density at radius 2 is 1.05 bits per heavy atom. The molecule has 0 unspecified atom stereocenters. The summed E-state index contributed by atoms with van der Waals surface area (Å²) in [4.78, 5) is 14.4. The fourth-order valence-electron chi connectivity index (χ4n) is 8.97. The molecule has 0 amide bonds. The molecule has 1 aliphatic rings. The van der Waals surface area contributed by atoms with Crippen molar-refractivity contribution in [3.05, 3.63) is 206 Å². The minimum atomic E-state index is -0.0955. The number of fused-ring (bicyclic) bond motifs is 6. The molecule has 0 N–H and O–H groups in total. The van der Waals surface area contributed by atoms with Gasteiger partial charge in [-0.3, -0.25) is 9.97 Å². The molecule has 10 aromatic rings. The molecule has 4 aromatic heterocycles. The van der Waals surface area contributed by atoms with Crippen LogP contribution in [0.2, 0.25) is 0 Å². The Hall–Kier alpha value is -7.43. The number of aromatic nitrogens is 4. The molecule has 4 heteroatoms. The van der Waals surface area contributed by atoms with Gasteiger partial charge in [0, 0.05) is 46.0 Å². The maximum Gasteiger partial charge on any atom is 0.0899 e. The van der Waals surface area contributed by atoms with Crippen LogP contribution >= 0.6 is 0 Å². The van der Waals surface area contributed by atoms with Crippen molar-refractivity contribution in [3.8, 4) is 72.8 Å². The predicted molar refractivity (Wildman–Crippen MR) is 239 cm³/mol. The van der Waals surface area contributed by atoms with Crippen molar-refractivity contribution in [1.29, 1.82) is 0 Å². The van der Waals surface area contributed by atoms with E-state index in [1.165, 1.54) is 38.8 Å². The number of nitrogens with zero attached hydrogens (tertiary/aromatic N) is 4. The molecule has 0 radical (unpaired) electrons. The van der Waals surface area contributed by atoms with Gasteiger partial charge in [-0.25, -0.2) is 4.98 Å². The van der Waals surface area contributed by atoms with Crippen LogP contribution in [0.4, 0.5) is 0 Å². The van der Waals surface area contributed by atoms with Gasteiger partial charge in [0.15, 0.2) is 0 Å². The number of benzene rings is 6. The first-order valence-electron chi connectivity index (χ1n) is 19.8. The molecule has 1 aliphatic carbocycles. The quantitative estimate of drug-likeness (QED) is 0.170. The molecule has 0 fully saturated rings. The van der Waals surface area contributed by atoms with Gasteiger partial charge in [-0.1, -0.05) is 129 Å². The summed E-state index contributed by atoms with van der Waals surface area (Å²) in [5, 5.41) is 2.31. The van der Waals surface area contributed by atoms with Crippen LogP contribution in [0.3, 0.4) is 0 Å². The Labute approximate surface area is 337 Å². The lowest BCUT2D eigenvalue weighted by atomic mass is 9.82. The summed E-state index contributed by atoms with van der Waals surface area (Å²) in [7, 11) is 0. The highest BCUT2D eigenvalue weighted by Gasteiger charge is 2.35. The molecule has 4 nitrogen and oxygen atoms in total. The molecule has 0 bridgehead atoms. The average molecular weight is 743 g/mol. The van der Waals surface area contributed by atoms with Crippen molar-refractivity contribution >= 4 is 21.8 Å². The monoisotopic (exact) mass is 742 g/mol. The summed E-state index contributed by atoms with van der Waals surface area (Å²) in [6, 6.07) is 63.1. The Morgan fingerprint density at radius 3 is 1.86 bits per heavy atom. The second-order valence-corrected chi connectivity index (χ2v) is 15.7. The maximum absolute atomic E-state index is 5.21. The number of hydrogen-bond donors (Lipinski definition) is 0. The highest BCUT2D eigenvalue weighted by atomic mass is 15.0. The molecular weight excluding hydrogens is 705 g/mol. The van der Waals surface area contributed by atoms with E-state index in [1.54, 1.807) is 0 Å². The van der Waals surface area contributed by atoms with E-state index >= 15 is 0 Å². The second-order valence-electron chi connectivity index (χ2n) is 15.7. The number of pyridine rings is 3. The van der Waals surface area contributed by atoms with E-state index in [0.717, 1.165) is 67.0 Å². The van der Waals surface area contributed by atoms with Crippen LogP contribution in [0.5, 0.6) is 0 Å². The van der Waals surface area contributed by atoms with E-state index in [9.17, 15) is 0 Å². The second kappa shape index (κ2) is 13.4. The molecule has 58 heavy (non-hydrogen) atoms. The van der Waals surface area contributed by atoms with Gasteiger partial charge in [0.05, 0.1) is 28.1 Å². The SMILES string of the molecule is CC1(C)c2ccccc2-c2ccc(-c3cc(-c4ccc(-c5ccc6c(c5)c5cnccc5n6-c5ccc(-c6ccccc6)cc5)cc4)cc(-c4ccccn4)n3)cc21. The van der Waals surface area contributed by atoms with Crippen molar-refractivity contribution in [2.24, 2.45) is 0 Å². The van der Waals surface area contributed by atoms with Gasteiger partial charge in [-0.05, 0) is 116 Å². The summed E-state index contributed by atoms with van der Waals surface area (Å²) in [5.74, 6) is 0. The lowest BCUT2D eigenvalue weighted by Crippen LogP contribution is -2.14. The Morgan fingerprint density at radius 1 is 0.414 bits per heavy atom. The van der Waals surface area contributed by atoms with Gasteiger partial charge < -0.3 is 4.57 Å². The molecule has 6 aromatic carbocycles. The molecule has 4 heterocycles. The van der Waals surface area contributed by atoms with Gasteiger partial charge in [-0.2, -0.15) is 0 Å². The van der Waals surface area contributed by atoms with E-state index < -0.39 is 0 Å². The van der Waals surface area contributed by atoms with Gasteiger partial charge >= 0.3 is 0 Å².